The Kier molecular flexibility index (Phi) is 2.31. The minimum atomic E-state index is -2.13. The Morgan fingerprint density at radius 3 is 2.07 bits per heavy atom. The SMILES string of the molecule is CO[Si](C)(OC)c1ccc2c(c1)C=C2. The second kappa shape index (κ2) is 3.35. The van der Waals surface area contributed by atoms with Gasteiger partial charge in [0.1, 0.15) is 0 Å². The molecule has 0 aromatic heterocycles. The highest BCUT2D eigenvalue weighted by molar-refractivity contribution is 6.79. The first-order valence-electron chi connectivity index (χ1n) is 4.62. The van der Waals surface area contributed by atoms with Crippen molar-refractivity contribution in [2.24, 2.45) is 0 Å². The van der Waals surface area contributed by atoms with Crippen LogP contribution >= 0.6 is 0 Å². The maximum atomic E-state index is 5.48. The van der Waals surface area contributed by atoms with Crippen LogP contribution in [0.3, 0.4) is 0 Å². The Labute approximate surface area is 85.4 Å². The van der Waals surface area contributed by atoms with Crippen molar-refractivity contribution in [1.29, 1.82) is 0 Å². The summed E-state index contributed by atoms with van der Waals surface area (Å²) in [5.41, 5.74) is 2.59. The molecule has 0 unspecified atom stereocenters. The van der Waals surface area contributed by atoms with Crippen molar-refractivity contribution >= 4 is 25.9 Å². The van der Waals surface area contributed by atoms with Crippen LogP contribution < -0.4 is 5.19 Å². The number of benzene rings is 1. The lowest BCUT2D eigenvalue weighted by Gasteiger charge is -2.24. The molecule has 1 aliphatic carbocycles. The van der Waals surface area contributed by atoms with Crippen LogP contribution in [0.4, 0.5) is 0 Å². The molecule has 2 rings (SSSR count). The molecule has 74 valence electrons. The van der Waals surface area contributed by atoms with Crippen molar-refractivity contribution in [2.45, 2.75) is 6.55 Å². The van der Waals surface area contributed by atoms with Crippen molar-refractivity contribution in [3.63, 3.8) is 0 Å². The molecule has 2 nitrogen and oxygen atoms in total. The molecule has 0 atom stereocenters. The van der Waals surface area contributed by atoms with E-state index in [4.69, 9.17) is 8.85 Å². The van der Waals surface area contributed by atoms with Gasteiger partial charge >= 0.3 is 8.56 Å². The Bertz CT molecular complexity index is 381. The Hall–Kier alpha value is -0.903. The molecule has 0 N–H and O–H groups in total. The highest BCUT2D eigenvalue weighted by Crippen LogP contribution is 2.22. The van der Waals surface area contributed by atoms with E-state index in [1.165, 1.54) is 16.3 Å². The number of rotatable bonds is 3. The van der Waals surface area contributed by atoms with Gasteiger partial charge in [-0.2, -0.15) is 0 Å². The lowest BCUT2D eigenvalue weighted by Crippen LogP contribution is -2.49. The van der Waals surface area contributed by atoms with Gasteiger partial charge < -0.3 is 8.85 Å². The average molecular weight is 206 g/mol. The largest absolute Gasteiger partial charge is 0.394 e. The summed E-state index contributed by atoms with van der Waals surface area (Å²) >= 11 is 0. The van der Waals surface area contributed by atoms with Crippen LogP contribution in [-0.2, 0) is 8.85 Å². The van der Waals surface area contributed by atoms with Crippen LogP contribution in [0.2, 0.25) is 6.55 Å². The summed E-state index contributed by atoms with van der Waals surface area (Å²) in [5.74, 6) is 0. The third kappa shape index (κ3) is 1.34. The van der Waals surface area contributed by atoms with Gasteiger partial charge in [0.25, 0.3) is 0 Å². The summed E-state index contributed by atoms with van der Waals surface area (Å²) < 4.78 is 11.0. The van der Waals surface area contributed by atoms with E-state index in [1.54, 1.807) is 14.2 Å². The van der Waals surface area contributed by atoms with E-state index < -0.39 is 8.56 Å². The molecule has 0 spiro atoms. The Morgan fingerprint density at radius 1 is 1.00 bits per heavy atom. The average Bonchev–Trinajstić information content (AvgIpc) is 2.19. The maximum absolute atomic E-state index is 5.48. The lowest BCUT2D eigenvalue weighted by atomic mass is 9.98. The molecule has 1 aliphatic rings. The van der Waals surface area contributed by atoms with Gasteiger partial charge in [0.15, 0.2) is 0 Å². The molecule has 3 heteroatoms. The lowest BCUT2D eigenvalue weighted by molar-refractivity contribution is 0.265. The normalized spacial score (nSPS) is 13.6. The predicted molar refractivity (Wildman–Crippen MR) is 60.6 cm³/mol. The summed E-state index contributed by atoms with van der Waals surface area (Å²) in [6.45, 7) is 2.05. The van der Waals surface area contributed by atoms with E-state index in [-0.39, 0.29) is 0 Å². The Morgan fingerprint density at radius 2 is 1.64 bits per heavy atom. The van der Waals surface area contributed by atoms with Gasteiger partial charge in [0, 0.05) is 14.2 Å². The number of hydrogen-bond acceptors (Lipinski definition) is 2. The van der Waals surface area contributed by atoms with E-state index in [2.05, 4.69) is 36.9 Å². The van der Waals surface area contributed by atoms with Crippen molar-refractivity contribution in [3.8, 4) is 0 Å². The smallest absolute Gasteiger partial charge is 0.368 e. The van der Waals surface area contributed by atoms with Gasteiger partial charge in [0.05, 0.1) is 0 Å². The number of hydrogen-bond donors (Lipinski definition) is 0. The highest BCUT2D eigenvalue weighted by atomic mass is 28.4. The van der Waals surface area contributed by atoms with Crippen LogP contribution in [0.25, 0.3) is 12.2 Å². The van der Waals surface area contributed by atoms with Gasteiger partial charge in [0.2, 0.25) is 0 Å². The maximum Gasteiger partial charge on any atom is 0.368 e. The Balaban J connectivity index is 2.38. The van der Waals surface area contributed by atoms with Crippen LogP contribution in [0.5, 0.6) is 0 Å². The van der Waals surface area contributed by atoms with E-state index in [0.29, 0.717) is 0 Å². The molecular weight excluding hydrogens is 192 g/mol. The van der Waals surface area contributed by atoms with Crippen LogP contribution in [0.1, 0.15) is 11.1 Å². The second-order valence-electron chi connectivity index (χ2n) is 3.53. The van der Waals surface area contributed by atoms with Gasteiger partial charge in [-0.15, -0.1) is 0 Å². The molecule has 0 radical (unpaired) electrons. The first kappa shape index (κ1) is 9.64. The first-order chi connectivity index (χ1) is 6.69. The zero-order chi connectivity index (χ0) is 10.2. The summed E-state index contributed by atoms with van der Waals surface area (Å²) in [7, 11) is 1.30. The second-order valence-corrected chi connectivity index (χ2v) is 6.82. The quantitative estimate of drug-likeness (QED) is 0.712. The third-order valence-corrected chi connectivity index (χ3v) is 5.75. The highest BCUT2D eigenvalue weighted by Gasteiger charge is 2.32. The fraction of sp³-hybridized carbons (Fsp3) is 0.273. The minimum absolute atomic E-state index is 1.19. The van der Waals surface area contributed by atoms with Gasteiger partial charge in [-0.1, -0.05) is 30.4 Å². The number of fused-ring (bicyclic) bond motifs is 1. The van der Waals surface area contributed by atoms with Crippen molar-refractivity contribution in [2.75, 3.05) is 14.2 Å². The molecule has 0 saturated carbocycles. The van der Waals surface area contributed by atoms with Crippen LogP contribution in [0, 0.1) is 0 Å². The molecule has 14 heavy (non-hydrogen) atoms. The molecule has 1 aromatic carbocycles. The molecule has 1 aromatic rings. The summed E-state index contributed by atoms with van der Waals surface area (Å²) in [6.07, 6.45) is 4.22. The van der Waals surface area contributed by atoms with Crippen LogP contribution in [-0.4, -0.2) is 22.8 Å². The minimum Gasteiger partial charge on any atom is -0.394 e. The first-order valence-corrected chi connectivity index (χ1v) is 6.94. The van der Waals surface area contributed by atoms with E-state index in [1.807, 2.05) is 0 Å². The fourth-order valence-corrected chi connectivity index (χ4v) is 3.00. The van der Waals surface area contributed by atoms with Crippen molar-refractivity contribution in [1.82, 2.24) is 0 Å². The van der Waals surface area contributed by atoms with Gasteiger partial charge in [-0.3, -0.25) is 0 Å². The molecular formula is C11H14O2Si. The molecule has 0 amide bonds. The van der Waals surface area contributed by atoms with E-state index in [9.17, 15) is 0 Å². The van der Waals surface area contributed by atoms with E-state index in [0.717, 1.165) is 0 Å². The summed E-state index contributed by atoms with van der Waals surface area (Å²) in [6, 6.07) is 6.38. The zero-order valence-electron chi connectivity index (χ0n) is 8.70. The van der Waals surface area contributed by atoms with Gasteiger partial charge in [-0.25, -0.2) is 0 Å². The zero-order valence-corrected chi connectivity index (χ0v) is 9.70. The topological polar surface area (TPSA) is 18.5 Å². The van der Waals surface area contributed by atoms with Crippen LogP contribution in [0.15, 0.2) is 18.2 Å². The molecule has 0 aliphatic heterocycles. The third-order valence-electron chi connectivity index (χ3n) is 2.83. The molecule has 0 fully saturated rings. The van der Waals surface area contributed by atoms with E-state index >= 15 is 0 Å². The summed E-state index contributed by atoms with van der Waals surface area (Å²) in [4.78, 5) is 0. The molecule has 0 saturated heterocycles. The fourth-order valence-electron chi connectivity index (χ4n) is 1.56. The summed E-state index contributed by atoms with van der Waals surface area (Å²) in [5, 5.41) is 1.19. The van der Waals surface area contributed by atoms with Crippen molar-refractivity contribution in [3.05, 3.63) is 29.3 Å². The standard InChI is InChI=1S/C11H14O2Si/c1-12-14(3,13-2)11-7-6-9-4-5-10(9)8-11/h4-8H,1-3H3. The molecule has 0 heterocycles. The predicted octanol–water partition coefficient (Wildman–Crippen LogP) is 1.74. The molecule has 0 bridgehead atoms. The van der Waals surface area contributed by atoms with Gasteiger partial charge in [-0.05, 0) is 22.9 Å². The van der Waals surface area contributed by atoms with Crippen molar-refractivity contribution < 1.29 is 8.85 Å². The monoisotopic (exact) mass is 206 g/mol.